The number of carbonyl (C=O) groups is 1. The maximum absolute atomic E-state index is 12.5. The summed E-state index contributed by atoms with van der Waals surface area (Å²) in [4.78, 5) is 18.9. The Morgan fingerprint density at radius 2 is 1.47 bits per heavy atom. The maximum atomic E-state index is 12.5. The van der Waals surface area contributed by atoms with Crippen molar-refractivity contribution in [2.75, 3.05) is 29.9 Å². The van der Waals surface area contributed by atoms with Crippen LogP contribution in [0.4, 0.5) is 11.4 Å². The minimum Gasteiger partial charge on any atom is -0.371 e. The van der Waals surface area contributed by atoms with Crippen molar-refractivity contribution in [2.24, 2.45) is 0 Å². The fourth-order valence-corrected chi connectivity index (χ4v) is 4.91. The zero-order chi connectivity index (χ0) is 24.6. The van der Waals surface area contributed by atoms with Crippen molar-refractivity contribution >= 4 is 17.3 Å². The largest absolute Gasteiger partial charge is 0.371 e. The van der Waals surface area contributed by atoms with E-state index in [1.54, 1.807) is 24.5 Å². The normalized spacial score (nSPS) is 14.1. The molecule has 3 aromatic carbocycles. The first kappa shape index (κ1) is 23.8. The lowest BCUT2D eigenvalue weighted by atomic mass is 9.90. The summed E-state index contributed by atoms with van der Waals surface area (Å²) >= 11 is 0. The molecule has 182 valence electrons. The van der Waals surface area contributed by atoms with Gasteiger partial charge in [0.05, 0.1) is 0 Å². The lowest BCUT2D eigenvalue weighted by Crippen LogP contribution is -2.43. The predicted octanol–water partition coefficient (Wildman–Crippen LogP) is 5.72. The number of rotatable bonds is 8. The zero-order valence-corrected chi connectivity index (χ0v) is 20.4. The third kappa shape index (κ3) is 5.99. The van der Waals surface area contributed by atoms with Gasteiger partial charge < -0.3 is 15.5 Å². The number of nitrogens with zero attached hydrogens (tertiary/aromatic N) is 2. The first-order chi connectivity index (χ1) is 17.8. The fourth-order valence-electron chi connectivity index (χ4n) is 4.91. The molecule has 1 amide bonds. The van der Waals surface area contributed by atoms with E-state index in [-0.39, 0.29) is 5.91 Å². The lowest BCUT2D eigenvalue weighted by Gasteiger charge is -2.35. The number of pyridine rings is 1. The smallest absolute Gasteiger partial charge is 0.255 e. The van der Waals surface area contributed by atoms with E-state index in [2.05, 4.69) is 93.3 Å². The van der Waals surface area contributed by atoms with Crippen LogP contribution in [-0.4, -0.2) is 36.6 Å². The number of hydrogen-bond acceptors (Lipinski definition) is 4. The molecule has 2 N–H and O–H groups in total. The molecule has 0 bridgehead atoms. The van der Waals surface area contributed by atoms with Crippen LogP contribution in [0, 0.1) is 0 Å². The highest BCUT2D eigenvalue weighted by atomic mass is 16.1. The minimum atomic E-state index is -0.121. The molecule has 2 heterocycles. The Balaban J connectivity index is 1.17. The Kier molecular flexibility index (Phi) is 7.69. The van der Waals surface area contributed by atoms with Crippen LogP contribution < -0.4 is 15.5 Å². The second-order valence-corrected chi connectivity index (χ2v) is 9.28. The van der Waals surface area contributed by atoms with Crippen molar-refractivity contribution in [3.05, 3.63) is 126 Å². The number of anilines is 2. The molecule has 1 fully saturated rings. The summed E-state index contributed by atoms with van der Waals surface area (Å²) in [6, 6.07) is 33.6. The summed E-state index contributed by atoms with van der Waals surface area (Å²) in [7, 11) is 0. The molecule has 0 aliphatic carbocycles. The van der Waals surface area contributed by atoms with Gasteiger partial charge in [-0.3, -0.25) is 9.78 Å². The van der Waals surface area contributed by atoms with E-state index in [0.29, 0.717) is 17.5 Å². The van der Waals surface area contributed by atoms with Gasteiger partial charge in [0, 0.05) is 60.9 Å². The van der Waals surface area contributed by atoms with Crippen LogP contribution in [0.3, 0.4) is 0 Å². The minimum absolute atomic E-state index is 0.121. The Hall–Kier alpha value is -3.96. The molecule has 0 saturated carbocycles. The van der Waals surface area contributed by atoms with E-state index >= 15 is 0 Å². The molecule has 1 saturated heterocycles. The van der Waals surface area contributed by atoms with Crippen molar-refractivity contribution in [2.45, 2.75) is 24.8 Å². The van der Waals surface area contributed by atoms with Crippen LogP contribution in [0.15, 0.2) is 109 Å². The molecule has 5 nitrogen and oxygen atoms in total. The molecule has 1 aliphatic rings. The van der Waals surface area contributed by atoms with Gasteiger partial charge in [0.25, 0.3) is 5.91 Å². The summed E-state index contributed by atoms with van der Waals surface area (Å²) in [5.41, 5.74) is 5.25. The molecule has 0 unspecified atom stereocenters. The molecular formula is C31H32N4O. The highest BCUT2D eigenvalue weighted by molar-refractivity contribution is 6.04. The van der Waals surface area contributed by atoms with Crippen molar-refractivity contribution in [3.63, 3.8) is 0 Å². The summed E-state index contributed by atoms with van der Waals surface area (Å²) < 4.78 is 0. The second kappa shape index (κ2) is 11.6. The summed E-state index contributed by atoms with van der Waals surface area (Å²) in [6.45, 7) is 2.90. The molecule has 0 radical (unpaired) electrons. The third-order valence-electron chi connectivity index (χ3n) is 6.92. The maximum Gasteiger partial charge on any atom is 0.255 e. The standard InChI is InChI=1S/C31H32N4O/c36-31(26-14-18-32-19-15-26)34-28-12-7-13-29(22-28)35-20-16-27(17-21-35)33-23-30(24-8-3-1-4-9-24)25-10-5-2-6-11-25/h1-15,18-19,22,27,30,33H,16-17,20-21,23H2,(H,34,36). The SMILES string of the molecule is O=C(Nc1cccc(N2CCC(NCC(c3ccccc3)c3ccccc3)CC2)c1)c1ccncc1. The molecule has 5 heteroatoms. The van der Waals surface area contributed by atoms with Crippen LogP contribution in [0.5, 0.6) is 0 Å². The molecule has 1 aliphatic heterocycles. The molecule has 5 rings (SSSR count). The average Bonchev–Trinajstić information content (AvgIpc) is 2.95. The van der Waals surface area contributed by atoms with Crippen LogP contribution >= 0.6 is 0 Å². The number of carbonyl (C=O) groups excluding carboxylic acids is 1. The molecule has 1 aromatic heterocycles. The average molecular weight is 477 g/mol. The van der Waals surface area contributed by atoms with Crippen molar-refractivity contribution in [1.82, 2.24) is 10.3 Å². The van der Waals surface area contributed by atoms with Crippen LogP contribution in [0.2, 0.25) is 0 Å². The Morgan fingerprint density at radius 3 is 2.11 bits per heavy atom. The van der Waals surface area contributed by atoms with Gasteiger partial charge >= 0.3 is 0 Å². The van der Waals surface area contributed by atoms with Crippen molar-refractivity contribution in [3.8, 4) is 0 Å². The van der Waals surface area contributed by atoms with E-state index in [1.165, 1.54) is 11.1 Å². The number of hydrogen-bond donors (Lipinski definition) is 2. The van der Waals surface area contributed by atoms with Gasteiger partial charge in [-0.25, -0.2) is 0 Å². The number of nitrogens with one attached hydrogen (secondary N) is 2. The van der Waals surface area contributed by atoms with E-state index in [0.717, 1.165) is 43.9 Å². The third-order valence-corrected chi connectivity index (χ3v) is 6.92. The van der Waals surface area contributed by atoms with E-state index in [4.69, 9.17) is 0 Å². The van der Waals surface area contributed by atoms with Gasteiger partial charge in [-0.05, 0) is 54.3 Å². The molecular weight excluding hydrogens is 444 g/mol. The Labute approximate surface area is 213 Å². The first-order valence-corrected chi connectivity index (χ1v) is 12.7. The fraction of sp³-hybridized carbons (Fsp3) is 0.226. The second-order valence-electron chi connectivity index (χ2n) is 9.28. The Morgan fingerprint density at radius 1 is 0.833 bits per heavy atom. The number of amides is 1. The van der Waals surface area contributed by atoms with Gasteiger partial charge in [0.15, 0.2) is 0 Å². The predicted molar refractivity (Wildman–Crippen MR) is 147 cm³/mol. The van der Waals surface area contributed by atoms with Crippen molar-refractivity contribution < 1.29 is 4.79 Å². The monoisotopic (exact) mass is 476 g/mol. The number of aromatic nitrogens is 1. The summed E-state index contributed by atoms with van der Waals surface area (Å²) in [6.07, 6.45) is 5.44. The van der Waals surface area contributed by atoms with Gasteiger partial charge in [-0.2, -0.15) is 0 Å². The highest BCUT2D eigenvalue weighted by Crippen LogP contribution is 2.26. The van der Waals surface area contributed by atoms with Gasteiger partial charge in [-0.1, -0.05) is 66.7 Å². The van der Waals surface area contributed by atoms with Gasteiger partial charge in [0.1, 0.15) is 0 Å². The zero-order valence-electron chi connectivity index (χ0n) is 20.4. The molecule has 0 spiro atoms. The number of piperidine rings is 1. The first-order valence-electron chi connectivity index (χ1n) is 12.7. The van der Waals surface area contributed by atoms with E-state index in [1.807, 2.05) is 12.1 Å². The lowest BCUT2D eigenvalue weighted by molar-refractivity contribution is 0.102. The quantitative estimate of drug-likeness (QED) is 0.341. The van der Waals surface area contributed by atoms with Gasteiger partial charge in [0.2, 0.25) is 0 Å². The van der Waals surface area contributed by atoms with Gasteiger partial charge in [-0.15, -0.1) is 0 Å². The van der Waals surface area contributed by atoms with Crippen molar-refractivity contribution in [1.29, 1.82) is 0 Å². The summed E-state index contributed by atoms with van der Waals surface area (Å²) in [5, 5.41) is 6.86. The van der Waals surface area contributed by atoms with E-state index < -0.39 is 0 Å². The van der Waals surface area contributed by atoms with Crippen LogP contribution in [0.25, 0.3) is 0 Å². The highest BCUT2D eigenvalue weighted by Gasteiger charge is 2.22. The van der Waals surface area contributed by atoms with Crippen LogP contribution in [-0.2, 0) is 0 Å². The topological polar surface area (TPSA) is 57.3 Å². The van der Waals surface area contributed by atoms with Crippen LogP contribution in [0.1, 0.15) is 40.2 Å². The van der Waals surface area contributed by atoms with E-state index in [9.17, 15) is 4.79 Å². The number of benzene rings is 3. The molecule has 4 aromatic rings. The summed E-state index contributed by atoms with van der Waals surface area (Å²) in [5.74, 6) is 0.218. The molecule has 0 atom stereocenters. The Bertz CT molecular complexity index is 1200. The molecule has 36 heavy (non-hydrogen) atoms.